The number of rotatable bonds is 5. The van der Waals surface area contributed by atoms with Crippen molar-refractivity contribution in [2.75, 3.05) is 30.4 Å². The number of nitrogens with one attached hydrogen (secondary N) is 1. The number of amides is 1. The molecule has 0 unspecified atom stereocenters. The van der Waals surface area contributed by atoms with Gasteiger partial charge in [0.05, 0.1) is 18.5 Å². The lowest BCUT2D eigenvalue weighted by atomic mass is 9.96. The van der Waals surface area contributed by atoms with Gasteiger partial charge in [-0.1, -0.05) is 5.16 Å². The van der Waals surface area contributed by atoms with Crippen molar-refractivity contribution in [3.63, 3.8) is 0 Å². The average Bonchev–Trinajstić information content (AvgIpc) is 3.18. The minimum absolute atomic E-state index is 0.0255. The molecule has 4 rings (SSSR count). The Bertz CT molecular complexity index is 978. The zero-order valence-corrected chi connectivity index (χ0v) is 16.5. The number of methoxy groups -OCH3 is 1. The number of aryl methyl sites for hydroxylation is 1. The van der Waals surface area contributed by atoms with Crippen LogP contribution in [0.1, 0.15) is 18.5 Å². The molecule has 1 aromatic carbocycles. The maximum absolute atomic E-state index is 12.5. The van der Waals surface area contributed by atoms with Crippen LogP contribution in [0.3, 0.4) is 0 Å². The highest BCUT2D eigenvalue weighted by Gasteiger charge is 2.26. The quantitative estimate of drug-likeness (QED) is 0.711. The molecule has 29 heavy (non-hydrogen) atoms. The van der Waals surface area contributed by atoms with Crippen LogP contribution in [0.5, 0.6) is 5.75 Å². The zero-order valence-electron chi connectivity index (χ0n) is 16.5. The monoisotopic (exact) mass is 393 g/mol. The van der Waals surface area contributed by atoms with Gasteiger partial charge in [0.25, 0.3) is 0 Å². The maximum atomic E-state index is 12.5. The predicted octanol–water partition coefficient (Wildman–Crippen LogP) is 3.30. The lowest BCUT2D eigenvalue weighted by Gasteiger charge is -2.32. The van der Waals surface area contributed by atoms with Crippen LogP contribution in [-0.2, 0) is 4.79 Å². The van der Waals surface area contributed by atoms with Gasteiger partial charge in [-0.2, -0.15) is 0 Å². The van der Waals surface area contributed by atoms with E-state index in [0.29, 0.717) is 5.88 Å². The van der Waals surface area contributed by atoms with E-state index in [9.17, 15) is 4.79 Å². The Hall–Kier alpha value is -3.42. The van der Waals surface area contributed by atoms with E-state index >= 15 is 0 Å². The van der Waals surface area contributed by atoms with E-state index in [1.807, 2.05) is 37.3 Å². The lowest BCUT2D eigenvalue weighted by molar-refractivity contribution is -0.120. The van der Waals surface area contributed by atoms with Gasteiger partial charge < -0.3 is 14.2 Å². The first kappa shape index (κ1) is 18.9. The second kappa shape index (κ2) is 8.30. The number of anilines is 2. The van der Waals surface area contributed by atoms with Crippen molar-refractivity contribution in [3.8, 4) is 17.0 Å². The first-order valence-corrected chi connectivity index (χ1v) is 9.58. The Morgan fingerprint density at radius 3 is 2.59 bits per heavy atom. The van der Waals surface area contributed by atoms with Gasteiger partial charge in [-0.05, 0) is 44.0 Å². The molecule has 150 valence electrons. The van der Waals surface area contributed by atoms with Gasteiger partial charge in [-0.15, -0.1) is 0 Å². The van der Waals surface area contributed by atoms with E-state index in [1.165, 1.54) is 0 Å². The van der Waals surface area contributed by atoms with E-state index in [1.54, 1.807) is 19.5 Å². The van der Waals surface area contributed by atoms with Crippen molar-refractivity contribution in [1.82, 2.24) is 15.1 Å². The van der Waals surface area contributed by atoms with E-state index in [4.69, 9.17) is 9.26 Å². The third-order valence-electron chi connectivity index (χ3n) is 5.10. The second-order valence-corrected chi connectivity index (χ2v) is 7.07. The molecule has 1 amide bonds. The molecule has 0 atom stereocenters. The molecule has 8 nitrogen and oxygen atoms in total. The summed E-state index contributed by atoms with van der Waals surface area (Å²) in [6.07, 6.45) is 3.08. The van der Waals surface area contributed by atoms with Crippen molar-refractivity contribution in [3.05, 3.63) is 48.4 Å². The van der Waals surface area contributed by atoms with Crippen LogP contribution in [0.4, 0.5) is 11.7 Å². The van der Waals surface area contributed by atoms with Crippen LogP contribution >= 0.6 is 0 Å². The van der Waals surface area contributed by atoms with E-state index in [0.717, 1.165) is 54.4 Å². The fraction of sp³-hybridized carbons (Fsp3) is 0.333. The molecule has 0 radical (unpaired) electrons. The minimum atomic E-state index is -0.0560. The summed E-state index contributed by atoms with van der Waals surface area (Å²) in [7, 11) is 1.65. The van der Waals surface area contributed by atoms with Crippen LogP contribution in [-0.4, -0.2) is 41.2 Å². The van der Waals surface area contributed by atoms with E-state index in [-0.39, 0.29) is 11.8 Å². The van der Waals surface area contributed by atoms with Crippen LogP contribution in [0.25, 0.3) is 11.3 Å². The highest BCUT2D eigenvalue weighted by Crippen LogP contribution is 2.26. The molecule has 3 aromatic rings. The summed E-state index contributed by atoms with van der Waals surface area (Å²) in [6, 6.07) is 11.5. The molecule has 1 aliphatic heterocycles. The van der Waals surface area contributed by atoms with Crippen molar-refractivity contribution in [1.29, 1.82) is 0 Å². The van der Waals surface area contributed by atoms with Gasteiger partial charge in [0.1, 0.15) is 17.9 Å². The van der Waals surface area contributed by atoms with Crippen molar-refractivity contribution in [2.45, 2.75) is 19.8 Å². The number of ether oxygens (including phenoxy) is 1. The summed E-state index contributed by atoms with van der Waals surface area (Å²) in [5, 5.41) is 6.59. The normalized spacial score (nSPS) is 14.6. The number of nitrogens with zero attached hydrogens (tertiary/aromatic N) is 4. The van der Waals surface area contributed by atoms with E-state index < -0.39 is 0 Å². The summed E-state index contributed by atoms with van der Waals surface area (Å²) in [5.41, 5.74) is 2.61. The maximum Gasteiger partial charge on any atom is 0.231 e. The molecule has 1 fully saturated rings. The summed E-state index contributed by atoms with van der Waals surface area (Å²) in [6.45, 7) is 3.33. The number of carbonyl (C=O) groups is 1. The summed E-state index contributed by atoms with van der Waals surface area (Å²) in [5.74, 6) is 2.00. The van der Waals surface area contributed by atoms with Gasteiger partial charge in [0.2, 0.25) is 11.8 Å². The third-order valence-corrected chi connectivity index (χ3v) is 5.10. The molecule has 0 aliphatic carbocycles. The molecular weight excluding hydrogens is 370 g/mol. The second-order valence-electron chi connectivity index (χ2n) is 7.07. The number of hydrogen-bond acceptors (Lipinski definition) is 7. The fourth-order valence-corrected chi connectivity index (χ4v) is 3.46. The fourth-order valence-electron chi connectivity index (χ4n) is 3.46. The molecule has 0 spiro atoms. The van der Waals surface area contributed by atoms with Gasteiger partial charge in [-0.25, -0.2) is 9.97 Å². The highest BCUT2D eigenvalue weighted by atomic mass is 16.5. The molecule has 0 bridgehead atoms. The highest BCUT2D eigenvalue weighted by molar-refractivity contribution is 5.91. The average molecular weight is 393 g/mol. The predicted molar refractivity (Wildman–Crippen MR) is 109 cm³/mol. The van der Waals surface area contributed by atoms with E-state index in [2.05, 4.69) is 25.3 Å². The SMILES string of the molecule is COc1ccc(-c2cc(N3CCC(C(=O)Nc4cc(C)no4)CC3)ncn2)cc1. The Morgan fingerprint density at radius 2 is 1.93 bits per heavy atom. The van der Waals surface area contributed by atoms with Crippen LogP contribution in [0.2, 0.25) is 0 Å². The Labute approximate surface area is 168 Å². The Balaban J connectivity index is 1.38. The van der Waals surface area contributed by atoms with Gasteiger partial charge in [-0.3, -0.25) is 10.1 Å². The summed E-state index contributed by atoms with van der Waals surface area (Å²) in [4.78, 5) is 23.5. The zero-order chi connectivity index (χ0) is 20.2. The molecule has 1 N–H and O–H groups in total. The third kappa shape index (κ3) is 4.37. The lowest BCUT2D eigenvalue weighted by Crippen LogP contribution is -2.38. The smallest absolute Gasteiger partial charge is 0.231 e. The summed E-state index contributed by atoms with van der Waals surface area (Å²) >= 11 is 0. The van der Waals surface area contributed by atoms with Crippen molar-refractivity contribution < 1.29 is 14.1 Å². The van der Waals surface area contributed by atoms with Crippen LogP contribution in [0.15, 0.2) is 47.2 Å². The summed E-state index contributed by atoms with van der Waals surface area (Å²) < 4.78 is 10.3. The standard InChI is InChI=1S/C21H23N5O3/c1-14-11-20(29-25-14)24-21(27)16-7-9-26(10-8-16)19-12-18(22-13-23-19)15-3-5-17(28-2)6-4-15/h3-6,11-13,16H,7-10H2,1-2H3,(H,24,27). The molecule has 8 heteroatoms. The first-order valence-electron chi connectivity index (χ1n) is 9.58. The Morgan fingerprint density at radius 1 is 1.17 bits per heavy atom. The molecule has 1 saturated heterocycles. The molecule has 2 aromatic heterocycles. The largest absolute Gasteiger partial charge is 0.497 e. The van der Waals surface area contributed by atoms with Gasteiger partial charge >= 0.3 is 0 Å². The molecular formula is C21H23N5O3. The number of benzene rings is 1. The Kier molecular flexibility index (Phi) is 5.41. The minimum Gasteiger partial charge on any atom is -0.497 e. The first-order chi connectivity index (χ1) is 14.1. The molecule has 0 saturated carbocycles. The van der Waals surface area contributed by atoms with Crippen LogP contribution < -0.4 is 15.0 Å². The number of hydrogen-bond donors (Lipinski definition) is 1. The molecule has 3 heterocycles. The number of piperidine rings is 1. The number of carbonyl (C=O) groups excluding carboxylic acids is 1. The van der Waals surface area contributed by atoms with Crippen molar-refractivity contribution >= 4 is 17.6 Å². The van der Waals surface area contributed by atoms with Gasteiger partial charge in [0.15, 0.2) is 0 Å². The van der Waals surface area contributed by atoms with Crippen LogP contribution in [0, 0.1) is 12.8 Å². The number of aromatic nitrogens is 3. The van der Waals surface area contributed by atoms with Crippen molar-refractivity contribution in [2.24, 2.45) is 5.92 Å². The van der Waals surface area contributed by atoms with Gasteiger partial charge in [0, 0.05) is 36.7 Å². The topological polar surface area (TPSA) is 93.4 Å². The molecule has 1 aliphatic rings.